The molecule has 0 bridgehead atoms. The Morgan fingerprint density at radius 3 is 1.27 bits per heavy atom. The maximum Gasteiger partial charge on any atom is 0.0725 e. The van der Waals surface area contributed by atoms with Crippen LogP contribution in [0, 0.1) is 5.41 Å². The summed E-state index contributed by atoms with van der Waals surface area (Å²) < 4.78 is 0. The largest absolute Gasteiger partial charge is 0.310 e. The summed E-state index contributed by atoms with van der Waals surface area (Å²) in [5, 5.41) is 0.469. The lowest BCUT2D eigenvalue weighted by molar-refractivity contribution is 0.375. The topological polar surface area (TPSA) is 3.24 Å². The molecule has 2 heteroatoms. The Balaban J connectivity index is 0.912. The second kappa shape index (κ2) is 17.3. The lowest BCUT2D eigenvalue weighted by atomic mass is 9.70. The predicted molar refractivity (Wildman–Crippen MR) is 312 cm³/mol. The van der Waals surface area contributed by atoms with Crippen molar-refractivity contribution in [3.05, 3.63) is 269 Å². The first kappa shape index (κ1) is 45.2. The maximum atomic E-state index is 2.51. The highest BCUT2D eigenvalue weighted by molar-refractivity contribution is 7.98. The van der Waals surface area contributed by atoms with E-state index in [9.17, 15) is 0 Å². The molecule has 0 saturated heterocycles. The smallest absolute Gasteiger partial charge is 0.0725 e. The highest BCUT2D eigenvalue weighted by atomic mass is 32.2. The van der Waals surface area contributed by atoms with E-state index in [-0.39, 0.29) is 10.8 Å². The second-order valence-corrected chi connectivity index (χ2v) is 23.2. The van der Waals surface area contributed by atoms with Crippen LogP contribution in [0.15, 0.2) is 231 Å². The van der Waals surface area contributed by atoms with Gasteiger partial charge in [0.05, 0.1) is 5.41 Å². The van der Waals surface area contributed by atoms with Gasteiger partial charge in [-0.1, -0.05) is 217 Å². The number of benzene rings is 10. The van der Waals surface area contributed by atoms with Gasteiger partial charge in [0, 0.05) is 27.7 Å². The van der Waals surface area contributed by atoms with Crippen molar-refractivity contribution < 1.29 is 0 Å². The average molecular weight is 958 g/mol. The molecular weight excluding hydrogens is 899 g/mol. The molecule has 1 nitrogen and oxygen atoms in total. The van der Waals surface area contributed by atoms with E-state index in [1.165, 1.54) is 106 Å². The van der Waals surface area contributed by atoms with Crippen molar-refractivity contribution in [3.63, 3.8) is 0 Å². The molecule has 1 spiro atoms. The molecule has 3 aliphatic rings. The van der Waals surface area contributed by atoms with Crippen molar-refractivity contribution in [2.75, 3.05) is 11.2 Å². The van der Waals surface area contributed by atoms with Gasteiger partial charge in [-0.25, -0.2) is 0 Å². The Labute approximate surface area is 436 Å². The van der Waals surface area contributed by atoms with E-state index < -0.39 is 5.41 Å². The van der Waals surface area contributed by atoms with Crippen molar-refractivity contribution >= 4 is 28.8 Å². The molecule has 0 N–H and O–H groups in total. The summed E-state index contributed by atoms with van der Waals surface area (Å²) in [4.78, 5) is 2.43. The molecule has 0 saturated carbocycles. The maximum absolute atomic E-state index is 2.51. The molecule has 354 valence electrons. The summed E-state index contributed by atoms with van der Waals surface area (Å²) in [6.45, 7) is 11.8. The first-order chi connectivity index (χ1) is 35.5. The molecule has 2 atom stereocenters. The normalized spacial score (nSPS) is 15.8. The Kier molecular flexibility index (Phi) is 10.7. The summed E-state index contributed by atoms with van der Waals surface area (Å²) in [6, 6.07) is 87.2. The van der Waals surface area contributed by atoms with E-state index in [0.717, 1.165) is 23.5 Å². The zero-order valence-corrected chi connectivity index (χ0v) is 43.4. The van der Waals surface area contributed by atoms with Crippen molar-refractivity contribution in [2.24, 2.45) is 5.41 Å². The highest BCUT2D eigenvalue weighted by Gasteiger charge is 2.52. The minimum Gasteiger partial charge on any atom is -0.310 e. The second-order valence-electron chi connectivity index (χ2n) is 22.2. The standard InChI is InChI=1S/C71H59NS/c1-69(2,3)45-68(73-6)50-26-24-48(25-27-50)51-32-39-60-57-19-11-14-22-63(57)71(66(60)42-51)64-23-15-12-20-58(64)61-40-33-52(43-67(61)71)49-30-36-54(37-31-49)72(53-34-28-47(29-35-53)46-16-8-7-9-17-46)55-38-41-59-56-18-10-13-21-62(56)70(4,5)65(59)44-55/h7-44,68H,45H2,1-6H3. The minimum absolute atomic E-state index is 0.115. The van der Waals surface area contributed by atoms with Crippen LogP contribution in [0.4, 0.5) is 17.1 Å². The highest BCUT2D eigenvalue weighted by Crippen LogP contribution is 2.63. The predicted octanol–water partition coefficient (Wildman–Crippen LogP) is 19.6. The van der Waals surface area contributed by atoms with Gasteiger partial charge >= 0.3 is 0 Å². The first-order valence-corrected chi connectivity index (χ1v) is 27.2. The van der Waals surface area contributed by atoms with Crippen LogP contribution in [0.3, 0.4) is 0 Å². The fourth-order valence-electron chi connectivity index (χ4n) is 12.8. The van der Waals surface area contributed by atoms with Crippen molar-refractivity contribution in [1.29, 1.82) is 0 Å². The molecule has 10 aromatic rings. The van der Waals surface area contributed by atoms with Crippen LogP contribution in [0.2, 0.25) is 0 Å². The Morgan fingerprint density at radius 1 is 0.370 bits per heavy atom. The molecular formula is C71H59NS. The van der Waals surface area contributed by atoms with Gasteiger partial charge in [-0.2, -0.15) is 11.8 Å². The Morgan fingerprint density at radius 2 is 0.753 bits per heavy atom. The molecule has 0 aliphatic heterocycles. The zero-order chi connectivity index (χ0) is 49.6. The molecule has 73 heavy (non-hydrogen) atoms. The molecule has 13 rings (SSSR count). The van der Waals surface area contributed by atoms with Gasteiger partial charge < -0.3 is 4.90 Å². The third-order valence-corrected chi connectivity index (χ3v) is 17.3. The van der Waals surface area contributed by atoms with E-state index in [0.29, 0.717) is 5.25 Å². The van der Waals surface area contributed by atoms with Gasteiger partial charge in [-0.05, 0) is 172 Å². The quantitative estimate of drug-likeness (QED) is 0.142. The van der Waals surface area contributed by atoms with E-state index >= 15 is 0 Å². The Hall–Kier alpha value is -7.65. The minimum atomic E-state index is -0.468. The molecule has 0 amide bonds. The number of nitrogens with zero attached hydrogens (tertiary/aromatic N) is 1. The van der Waals surface area contributed by atoms with E-state index in [1.54, 1.807) is 0 Å². The van der Waals surface area contributed by atoms with Crippen molar-refractivity contribution in [3.8, 4) is 66.8 Å². The van der Waals surface area contributed by atoms with E-state index in [4.69, 9.17) is 0 Å². The van der Waals surface area contributed by atoms with E-state index in [1.807, 2.05) is 11.8 Å². The number of rotatable bonds is 9. The van der Waals surface area contributed by atoms with Gasteiger partial charge in [-0.15, -0.1) is 0 Å². The van der Waals surface area contributed by atoms with Crippen LogP contribution >= 0.6 is 11.8 Å². The molecule has 3 aliphatic carbocycles. The van der Waals surface area contributed by atoms with Crippen LogP contribution in [0.25, 0.3) is 66.8 Å². The summed E-state index contributed by atoms with van der Waals surface area (Å²) >= 11 is 1.96. The van der Waals surface area contributed by atoms with Gasteiger partial charge in [0.2, 0.25) is 0 Å². The number of anilines is 3. The third-order valence-electron chi connectivity index (χ3n) is 16.3. The van der Waals surface area contributed by atoms with Gasteiger partial charge in [0.1, 0.15) is 0 Å². The zero-order valence-electron chi connectivity index (χ0n) is 42.6. The van der Waals surface area contributed by atoms with Crippen LogP contribution in [-0.4, -0.2) is 6.26 Å². The average Bonchev–Trinajstić information content (AvgIpc) is 3.99. The third kappa shape index (κ3) is 7.28. The number of hydrogen-bond acceptors (Lipinski definition) is 2. The van der Waals surface area contributed by atoms with Crippen LogP contribution in [0.5, 0.6) is 0 Å². The summed E-state index contributed by atoms with van der Waals surface area (Å²) in [6.07, 6.45) is 3.39. The fourth-order valence-corrected chi connectivity index (χ4v) is 13.9. The number of thioether (sulfide) groups is 1. The first-order valence-electron chi connectivity index (χ1n) is 25.9. The van der Waals surface area contributed by atoms with Crippen LogP contribution in [0.1, 0.15) is 85.2 Å². The van der Waals surface area contributed by atoms with Gasteiger partial charge in [0.25, 0.3) is 0 Å². The monoisotopic (exact) mass is 957 g/mol. The number of hydrogen-bond donors (Lipinski definition) is 0. The van der Waals surface area contributed by atoms with Gasteiger partial charge in [0.15, 0.2) is 0 Å². The lowest BCUT2D eigenvalue weighted by Crippen LogP contribution is -2.26. The van der Waals surface area contributed by atoms with E-state index in [2.05, 4.69) is 276 Å². The summed E-state index contributed by atoms with van der Waals surface area (Å²) in [5.41, 5.74) is 27.9. The van der Waals surface area contributed by atoms with Crippen molar-refractivity contribution in [1.82, 2.24) is 0 Å². The van der Waals surface area contributed by atoms with Gasteiger partial charge in [-0.3, -0.25) is 0 Å². The molecule has 10 aromatic carbocycles. The molecule has 0 radical (unpaired) electrons. The number of fused-ring (bicyclic) bond motifs is 13. The van der Waals surface area contributed by atoms with Crippen LogP contribution < -0.4 is 4.90 Å². The van der Waals surface area contributed by atoms with Crippen molar-refractivity contribution in [2.45, 2.75) is 57.1 Å². The summed E-state index contributed by atoms with van der Waals surface area (Å²) in [7, 11) is 0. The molecule has 0 fully saturated rings. The fraction of sp³-hybridized carbons (Fsp3) is 0.155. The lowest BCUT2D eigenvalue weighted by Gasteiger charge is -2.31. The molecule has 2 unspecified atom stereocenters. The SMILES string of the molecule is CSC(CC(C)(C)C)c1ccc(-c2ccc3c(c2)C2(c4ccccc4-3)c3ccccc3-c3ccc(-c4ccc(N(c5ccc(-c6ccccc6)cc5)c5ccc6c(c5)C(C)(C)c5ccccc5-6)cc4)cc32)cc1. The summed E-state index contributed by atoms with van der Waals surface area (Å²) in [5.74, 6) is 0. The Bertz CT molecular complexity index is 3730. The van der Waals surface area contributed by atoms with Crippen LogP contribution in [-0.2, 0) is 10.8 Å². The molecule has 0 heterocycles. The molecule has 0 aromatic heterocycles.